The van der Waals surface area contributed by atoms with Crippen LogP contribution in [-0.4, -0.2) is 20.3 Å². The minimum Gasteiger partial charge on any atom is -0.319 e. The van der Waals surface area contributed by atoms with Gasteiger partial charge in [0.25, 0.3) is 5.91 Å². The molecule has 24 heavy (non-hydrogen) atoms. The van der Waals surface area contributed by atoms with E-state index in [1.165, 1.54) is 11.3 Å². The summed E-state index contributed by atoms with van der Waals surface area (Å²) in [5.41, 5.74) is 3.42. The summed E-state index contributed by atoms with van der Waals surface area (Å²) in [5, 5.41) is 5.05. The predicted molar refractivity (Wildman–Crippen MR) is 97.8 cm³/mol. The Balaban J connectivity index is 2.10. The van der Waals surface area contributed by atoms with Gasteiger partial charge in [0.15, 0.2) is 10.5 Å². The van der Waals surface area contributed by atoms with Gasteiger partial charge in [0.05, 0.1) is 10.2 Å². The molecule has 0 fully saturated rings. The first-order chi connectivity index (χ1) is 11.3. The van der Waals surface area contributed by atoms with E-state index in [0.29, 0.717) is 15.5 Å². The van der Waals surface area contributed by atoms with E-state index in [2.05, 4.69) is 10.1 Å². The minimum atomic E-state index is -0.330. The number of amides is 1. The third-order valence-electron chi connectivity index (χ3n) is 3.88. The number of benzene rings is 1. The van der Waals surface area contributed by atoms with E-state index in [9.17, 15) is 4.79 Å². The van der Waals surface area contributed by atoms with Gasteiger partial charge in [-0.15, -0.1) is 0 Å². The molecule has 3 aromatic rings. The van der Waals surface area contributed by atoms with Gasteiger partial charge in [0.2, 0.25) is 0 Å². The average molecular weight is 363 g/mol. The SMILES string of the molecule is Cc1cc(Cl)cc2sc(=NC(=O)c3cc(C)n(C(C)C)n3)n(C)c12. The Morgan fingerprint density at radius 1 is 1.29 bits per heavy atom. The number of nitrogens with zero attached hydrogens (tertiary/aromatic N) is 4. The molecular formula is C17H19ClN4OS. The highest BCUT2D eigenvalue weighted by atomic mass is 35.5. The number of carbonyl (C=O) groups excluding carboxylic acids is 1. The zero-order valence-electron chi connectivity index (χ0n) is 14.3. The van der Waals surface area contributed by atoms with E-state index in [1.807, 2.05) is 56.1 Å². The molecule has 0 aliphatic rings. The molecule has 0 atom stereocenters. The fourth-order valence-electron chi connectivity index (χ4n) is 2.83. The number of rotatable bonds is 2. The molecule has 0 bridgehead atoms. The quantitative estimate of drug-likeness (QED) is 0.691. The number of fused-ring (bicyclic) bond motifs is 1. The van der Waals surface area contributed by atoms with Crippen LogP contribution in [0, 0.1) is 13.8 Å². The molecule has 1 amide bonds. The Morgan fingerprint density at radius 3 is 2.62 bits per heavy atom. The number of aromatic nitrogens is 3. The Kier molecular flexibility index (Phi) is 4.36. The molecule has 0 aliphatic carbocycles. The summed E-state index contributed by atoms with van der Waals surface area (Å²) in [4.78, 5) is 17.4. The van der Waals surface area contributed by atoms with Crippen LogP contribution in [0.1, 0.15) is 41.6 Å². The maximum Gasteiger partial charge on any atom is 0.300 e. The second kappa shape index (κ2) is 6.18. The average Bonchev–Trinajstić information content (AvgIpc) is 3.00. The van der Waals surface area contributed by atoms with Crippen LogP contribution in [0.4, 0.5) is 0 Å². The Hall–Kier alpha value is -1.92. The monoisotopic (exact) mass is 362 g/mol. The van der Waals surface area contributed by atoms with E-state index in [-0.39, 0.29) is 11.9 Å². The van der Waals surface area contributed by atoms with Gasteiger partial charge in [0.1, 0.15) is 0 Å². The summed E-state index contributed by atoms with van der Waals surface area (Å²) >= 11 is 7.57. The van der Waals surface area contributed by atoms with E-state index < -0.39 is 0 Å². The number of aryl methyl sites for hydroxylation is 3. The highest BCUT2D eigenvalue weighted by molar-refractivity contribution is 7.16. The topological polar surface area (TPSA) is 52.2 Å². The molecule has 0 N–H and O–H groups in total. The van der Waals surface area contributed by atoms with Gasteiger partial charge in [-0.2, -0.15) is 10.1 Å². The van der Waals surface area contributed by atoms with Gasteiger partial charge in [-0.1, -0.05) is 22.9 Å². The number of hydrogen-bond acceptors (Lipinski definition) is 3. The van der Waals surface area contributed by atoms with Crippen LogP contribution in [0.25, 0.3) is 10.2 Å². The molecule has 1 aromatic carbocycles. The first kappa shape index (κ1) is 16.9. The smallest absolute Gasteiger partial charge is 0.300 e. The van der Waals surface area contributed by atoms with Crippen LogP contribution in [-0.2, 0) is 7.05 Å². The Labute approximate surface area is 149 Å². The number of carbonyl (C=O) groups is 1. The van der Waals surface area contributed by atoms with Gasteiger partial charge in [-0.25, -0.2) is 0 Å². The summed E-state index contributed by atoms with van der Waals surface area (Å²) < 4.78 is 4.77. The van der Waals surface area contributed by atoms with E-state index in [1.54, 1.807) is 6.07 Å². The van der Waals surface area contributed by atoms with Crippen molar-refractivity contribution in [3.05, 3.63) is 45.0 Å². The molecule has 2 aromatic heterocycles. The highest BCUT2D eigenvalue weighted by Crippen LogP contribution is 2.25. The summed E-state index contributed by atoms with van der Waals surface area (Å²) in [5.74, 6) is -0.330. The van der Waals surface area contributed by atoms with Crippen molar-refractivity contribution in [3.8, 4) is 0 Å². The zero-order chi connectivity index (χ0) is 17.6. The third kappa shape index (κ3) is 2.91. The molecule has 0 unspecified atom stereocenters. The standard InChI is InChI=1S/C17H19ClN4OS/c1-9(2)22-11(4)7-13(20-22)16(23)19-17-21(5)15-10(3)6-12(18)8-14(15)24-17/h6-9H,1-5H3. The van der Waals surface area contributed by atoms with Crippen molar-refractivity contribution in [2.24, 2.45) is 12.0 Å². The van der Waals surface area contributed by atoms with Crippen molar-refractivity contribution in [2.45, 2.75) is 33.7 Å². The van der Waals surface area contributed by atoms with Gasteiger partial charge < -0.3 is 4.57 Å². The molecule has 0 saturated carbocycles. The third-order valence-corrected chi connectivity index (χ3v) is 5.18. The summed E-state index contributed by atoms with van der Waals surface area (Å²) in [7, 11) is 1.91. The normalized spacial score (nSPS) is 12.5. The number of halogens is 1. The lowest BCUT2D eigenvalue weighted by molar-refractivity contribution is 0.0992. The highest BCUT2D eigenvalue weighted by Gasteiger charge is 2.14. The second-order valence-corrected chi connectivity index (χ2v) is 7.58. The number of hydrogen-bond donors (Lipinski definition) is 0. The van der Waals surface area contributed by atoms with Gasteiger partial charge >= 0.3 is 0 Å². The van der Waals surface area contributed by atoms with Crippen molar-refractivity contribution in [1.29, 1.82) is 0 Å². The van der Waals surface area contributed by atoms with Crippen LogP contribution in [0.3, 0.4) is 0 Å². The molecule has 0 saturated heterocycles. The lowest BCUT2D eigenvalue weighted by atomic mass is 10.2. The molecule has 7 heteroatoms. The maximum atomic E-state index is 12.5. The maximum absolute atomic E-state index is 12.5. The molecular weight excluding hydrogens is 344 g/mol. The Bertz CT molecular complexity index is 1010. The molecule has 3 rings (SSSR count). The van der Waals surface area contributed by atoms with Crippen LogP contribution in [0.15, 0.2) is 23.2 Å². The molecule has 126 valence electrons. The minimum absolute atomic E-state index is 0.205. The molecule has 2 heterocycles. The van der Waals surface area contributed by atoms with Crippen LogP contribution >= 0.6 is 22.9 Å². The largest absolute Gasteiger partial charge is 0.319 e. The molecule has 0 radical (unpaired) electrons. The summed E-state index contributed by atoms with van der Waals surface area (Å²) in [6.45, 7) is 8.00. The van der Waals surface area contributed by atoms with E-state index in [0.717, 1.165) is 21.5 Å². The fraction of sp³-hybridized carbons (Fsp3) is 0.353. The summed E-state index contributed by atoms with van der Waals surface area (Å²) in [6.07, 6.45) is 0. The van der Waals surface area contributed by atoms with Crippen LogP contribution < -0.4 is 4.80 Å². The van der Waals surface area contributed by atoms with Crippen molar-refractivity contribution < 1.29 is 4.79 Å². The van der Waals surface area contributed by atoms with Crippen molar-refractivity contribution in [3.63, 3.8) is 0 Å². The van der Waals surface area contributed by atoms with Crippen molar-refractivity contribution >= 4 is 39.1 Å². The molecule has 0 spiro atoms. The zero-order valence-corrected chi connectivity index (χ0v) is 15.9. The van der Waals surface area contributed by atoms with Crippen molar-refractivity contribution in [1.82, 2.24) is 14.3 Å². The van der Waals surface area contributed by atoms with Crippen molar-refractivity contribution in [2.75, 3.05) is 0 Å². The molecule has 5 nitrogen and oxygen atoms in total. The predicted octanol–water partition coefficient (Wildman–Crippen LogP) is 4.03. The summed E-state index contributed by atoms with van der Waals surface area (Å²) in [6, 6.07) is 5.80. The lowest BCUT2D eigenvalue weighted by Gasteiger charge is -2.06. The van der Waals surface area contributed by atoms with Gasteiger partial charge in [0, 0.05) is 23.8 Å². The fourth-order valence-corrected chi connectivity index (χ4v) is 4.30. The first-order valence-electron chi connectivity index (χ1n) is 7.69. The number of thiazole rings is 1. The van der Waals surface area contributed by atoms with Crippen LogP contribution in [0.2, 0.25) is 5.02 Å². The first-order valence-corrected chi connectivity index (χ1v) is 8.88. The van der Waals surface area contributed by atoms with Crippen LogP contribution in [0.5, 0.6) is 0 Å². The Morgan fingerprint density at radius 2 is 2.00 bits per heavy atom. The van der Waals surface area contributed by atoms with Gasteiger partial charge in [-0.05, 0) is 51.5 Å². The molecule has 0 aliphatic heterocycles. The van der Waals surface area contributed by atoms with Gasteiger partial charge in [-0.3, -0.25) is 9.48 Å². The lowest BCUT2D eigenvalue weighted by Crippen LogP contribution is -2.14. The van der Waals surface area contributed by atoms with E-state index >= 15 is 0 Å². The van der Waals surface area contributed by atoms with E-state index in [4.69, 9.17) is 11.6 Å². The second-order valence-electron chi connectivity index (χ2n) is 6.14.